The molecule has 1 spiro atoms. The van der Waals surface area contributed by atoms with Gasteiger partial charge in [-0.3, -0.25) is 19.9 Å². The van der Waals surface area contributed by atoms with Crippen molar-refractivity contribution in [2.75, 3.05) is 46.5 Å². The Bertz CT molecular complexity index is 2610. The minimum atomic E-state index is -1.47. The molecule has 2 N–H and O–H groups in total. The number of hydrogen-bond donors (Lipinski definition) is 2. The van der Waals surface area contributed by atoms with E-state index < -0.39 is 58.7 Å². The number of rotatable bonds is 10. The molecule has 4 bridgehead atoms. The molecule has 1 unspecified atom stereocenters. The lowest BCUT2D eigenvalue weighted by Gasteiger charge is -2.62. The fourth-order valence-corrected chi connectivity index (χ4v) is 13.1. The molecular weight excluding hydrogens is 893 g/mol. The molecule has 0 amide bonds. The summed E-state index contributed by atoms with van der Waals surface area (Å²) in [7, 11) is 3.00. The standard InChI is InChI=1S/C51H60N4O12S/c1-10-12-13-14-36(56)66-44-27(4)45-46(64-25-63-45)38-33-23-62-48(58)51(30-21-34(60-8)35(20-28(30)15-16-53-51)65-49(59)67-50(5,6)7)24-68-47(39(38)44)41-40-37-29(18-26(3)43(61-9)42(37)57)19-31(54(40)17-11-2)32(22-52)55(33)41/h11,18,20-21,31-33,40-41,47,53,57H,2,10,12-17,19,23-25H2,1,3-9H3/t31-,32-,33+,40+,41?,47+,51+/m0/s1. The third kappa shape index (κ3) is 7.77. The smallest absolute Gasteiger partial charge is 0.504 e. The first-order valence-electron chi connectivity index (χ1n) is 23.4. The largest absolute Gasteiger partial charge is 0.514 e. The number of carbonyl (C=O) groups is 3. The Labute approximate surface area is 401 Å². The zero-order chi connectivity index (χ0) is 48.4. The Morgan fingerprint density at radius 2 is 1.81 bits per heavy atom. The monoisotopic (exact) mass is 952 g/mol. The Hall–Kier alpha value is -5.67. The van der Waals surface area contributed by atoms with Gasteiger partial charge in [0.2, 0.25) is 6.79 Å². The number of piperazine rings is 1. The van der Waals surface area contributed by atoms with Gasteiger partial charge in [0.25, 0.3) is 0 Å². The summed E-state index contributed by atoms with van der Waals surface area (Å²) in [6.45, 7) is 15.6. The van der Waals surface area contributed by atoms with Gasteiger partial charge in [0.05, 0.1) is 37.6 Å². The number of ether oxygens (including phenoxy) is 8. The third-order valence-corrected chi connectivity index (χ3v) is 15.6. The Morgan fingerprint density at radius 1 is 1.03 bits per heavy atom. The number of unbranched alkanes of at least 4 members (excludes halogenated alkanes) is 2. The molecule has 3 aromatic carbocycles. The van der Waals surface area contributed by atoms with Crippen molar-refractivity contribution in [3.05, 3.63) is 75.4 Å². The Kier molecular flexibility index (Phi) is 12.8. The van der Waals surface area contributed by atoms with Gasteiger partial charge in [-0.1, -0.05) is 31.9 Å². The summed E-state index contributed by atoms with van der Waals surface area (Å²) >= 11 is 1.47. The van der Waals surface area contributed by atoms with Crippen LogP contribution in [0.1, 0.15) is 115 Å². The normalized spacial score (nSPS) is 25.7. The summed E-state index contributed by atoms with van der Waals surface area (Å²) in [6.07, 6.45) is 4.47. The lowest BCUT2D eigenvalue weighted by atomic mass is 9.71. The molecule has 7 aliphatic rings. The van der Waals surface area contributed by atoms with Crippen LogP contribution in [0.3, 0.4) is 0 Å². The summed E-state index contributed by atoms with van der Waals surface area (Å²) < 4.78 is 48.5. The minimum absolute atomic E-state index is 0.0141. The van der Waals surface area contributed by atoms with Crippen LogP contribution in [-0.4, -0.2) is 103 Å². The topological polar surface area (TPSA) is 188 Å². The van der Waals surface area contributed by atoms with Gasteiger partial charge in [-0.15, -0.1) is 18.3 Å². The number of benzene rings is 3. The SMILES string of the molecule is C=CCN1[C@@H]2c3c(cc(C)c(OC)c3O)C[C@H]1[C@H](C#N)N1C2[C@@H]2SC[C@]3(NCCc4cc(OC(=O)OC(C)(C)C)c(OC)cc43)C(=O)OC[C@@H]1c1c3c(c(C)c(OC(=O)CCCCC)c12)OCO3. The van der Waals surface area contributed by atoms with E-state index in [2.05, 4.69) is 34.7 Å². The van der Waals surface area contributed by atoms with E-state index in [4.69, 9.17) is 37.9 Å². The predicted molar refractivity (Wildman–Crippen MR) is 251 cm³/mol. The van der Waals surface area contributed by atoms with E-state index in [9.17, 15) is 20.0 Å². The number of phenols is 1. The lowest BCUT2D eigenvalue weighted by molar-refractivity contribution is -0.157. The van der Waals surface area contributed by atoms with Crippen molar-refractivity contribution >= 4 is 29.9 Å². The maximum Gasteiger partial charge on any atom is 0.514 e. The first-order valence-corrected chi connectivity index (χ1v) is 24.4. The van der Waals surface area contributed by atoms with Gasteiger partial charge < -0.3 is 43.0 Å². The van der Waals surface area contributed by atoms with Crippen molar-refractivity contribution < 1.29 is 57.4 Å². The first kappa shape index (κ1) is 47.4. The van der Waals surface area contributed by atoms with Gasteiger partial charge in [0, 0.05) is 59.6 Å². The number of aromatic hydroxyl groups is 1. The fourth-order valence-electron chi connectivity index (χ4n) is 11.4. The van der Waals surface area contributed by atoms with Gasteiger partial charge in [0.1, 0.15) is 24.0 Å². The molecule has 7 heterocycles. The molecule has 0 aliphatic carbocycles. The molecule has 16 nitrogen and oxygen atoms in total. The van der Waals surface area contributed by atoms with Crippen molar-refractivity contribution in [3.8, 4) is 46.3 Å². The number of thioether (sulfide) groups is 1. The molecule has 0 aromatic heterocycles. The molecule has 68 heavy (non-hydrogen) atoms. The number of methoxy groups -OCH3 is 2. The molecule has 10 rings (SSSR count). The summed E-state index contributed by atoms with van der Waals surface area (Å²) in [6, 6.07) is 5.02. The summed E-state index contributed by atoms with van der Waals surface area (Å²) in [5.74, 6) is 1.06. The minimum Gasteiger partial charge on any atom is -0.504 e. The quantitative estimate of drug-likeness (QED) is 0.0661. The summed E-state index contributed by atoms with van der Waals surface area (Å²) in [4.78, 5) is 46.6. The van der Waals surface area contributed by atoms with Gasteiger partial charge in [-0.05, 0) is 88.3 Å². The van der Waals surface area contributed by atoms with Crippen LogP contribution in [0.4, 0.5) is 4.79 Å². The van der Waals surface area contributed by atoms with Crippen LogP contribution in [0.2, 0.25) is 0 Å². The number of esters is 2. The van der Waals surface area contributed by atoms with E-state index in [0.717, 1.165) is 29.5 Å². The van der Waals surface area contributed by atoms with Gasteiger partial charge in [0.15, 0.2) is 40.0 Å². The van der Waals surface area contributed by atoms with E-state index >= 15 is 4.79 Å². The number of nitriles is 1. The van der Waals surface area contributed by atoms with Gasteiger partial charge in [-0.2, -0.15) is 5.26 Å². The van der Waals surface area contributed by atoms with Crippen LogP contribution in [-0.2, 0) is 37.4 Å². The molecule has 362 valence electrons. The third-order valence-electron chi connectivity index (χ3n) is 14.1. The Morgan fingerprint density at radius 3 is 2.51 bits per heavy atom. The molecule has 0 saturated carbocycles. The molecule has 7 aliphatic heterocycles. The van der Waals surface area contributed by atoms with Crippen LogP contribution in [0, 0.1) is 25.2 Å². The summed E-state index contributed by atoms with van der Waals surface area (Å²) in [5.41, 5.74) is 3.28. The Balaban J connectivity index is 1.28. The molecule has 7 atom stereocenters. The molecule has 17 heteroatoms. The number of fused-ring (bicyclic) bond motifs is 9. The van der Waals surface area contributed by atoms with Crippen molar-refractivity contribution in [2.45, 2.75) is 127 Å². The highest BCUT2D eigenvalue weighted by Crippen LogP contribution is 2.65. The average Bonchev–Trinajstić information content (AvgIpc) is 3.79. The second kappa shape index (κ2) is 18.3. The second-order valence-corrected chi connectivity index (χ2v) is 20.4. The van der Waals surface area contributed by atoms with E-state index in [1.54, 1.807) is 32.9 Å². The highest BCUT2D eigenvalue weighted by atomic mass is 32.2. The van der Waals surface area contributed by atoms with Gasteiger partial charge >= 0.3 is 18.1 Å². The number of hydrogen-bond acceptors (Lipinski definition) is 17. The van der Waals surface area contributed by atoms with E-state index in [1.165, 1.54) is 26.0 Å². The van der Waals surface area contributed by atoms with Crippen LogP contribution >= 0.6 is 11.8 Å². The number of carbonyl (C=O) groups excluding carboxylic acids is 3. The second-order valence-electron chi connectivity index (χ2n) is 19.3. The fraction of sp³-hybridized carbons (Fsp3) is 0.529. The van der Waals surface area contributed by atoms with E-state index in [0.29, 0.717) is 83.2 Å². The molecule has 2 saturated heterocycles. The summed E-state index contributed by atoms with van der Waals surface area (Å²) in [5, 5.41) is 26.8. The van der Waals surface area contributed by atoms with Crippen LogP contribution in [0.15, 0.2) is 30.9 Å². The van der Waals surface area contributed by atoms with Crippen LogP contribution in [0.25, 0.3) is 0 Å². The van der Waals surface area contributed by atoms with E-state index in [1.807, 2.05) is 26.0 Å². The highest BCUT2D eigenvalue weighted by molar-refractivity contribution is 7.99. The zero-order valence-electron chi connectivity index (χ0n) is 39.9. The average molecular weight is 953 g/mol. The van der Waals surface area contributed by atoms with Crippen molar-refractivity contribution in [1.82, 2.24) is 15.1 Å². The molecule has 2 fully saturated rings. The number of nitrogens with one attached hydrogen (secondary N) is 1. The molecular formula is C51H60N4O12S. The maximum absolute atomic E-state index is 15.2. The number of nitrogens with zero attached hydrogens (tertiary/aromatic N) is 3. The number of aryl methyl sites for hydroxylation is 1. The zero-order valence-corrected chi connectivity index (χ0v) is 40.8. The molecule has 3 aromatic rings. The number of phenolic OH excluding ortho intramolecular Hbond substituents is 1. The van der Waals surface area contributed by atoms with E-state index in [-0.39, 0.29) is 48.9 Å². The predicted octanol–water partition coefficient (Wildman–Crippen LogP) is 7.71. The maximum atomic E-state index is 15.2. The van der Waals surface area contributed by atoms with Crippen LogP contribution in [0.5, 0.6) is 40.2 Å². The van der Waals surface area contributed by atoms with Gasteiger partial charge in [-0.25, -0.2) is 9.59 Å². The molecule has 0 radical (unpaired) electrons. The van der Waals surface area contributed by atoms with Crippen molar-refractivity contribution in [1.29, 1.82) is 5.26 Å². The lowest BCUT2D eigenvalue weighted by Crippen LogP contribution is -2.70. The van der Waals surface area contributed by atoms with Crippen molar-refractivity contribution in [3.63, 3.8) is 0 Å². The van der Waals surface area contributed by atoms with Crippen LogP contribution < -0.4 is 33.7 Å². The van der Waals surface area contributed by atoms with Crippen molar-refractivity contribution in [2.24, 2.45) is 0 Å². The highest BCUT2D eigenvalue weighted by Gasteiger charge is 2.62. The first-order chi connectivity index (χ1) is 32.6.